The van der Waals surface area contributed by atoms with Crippen molar-refractivity contribution in [3.05, 3.63) is 179 Å². The first-order chi connectivity index (χ1) is 30.4. The van der Waals surface area contributed by atoms with E-state index in [1.165, 1.54) is 0 Å². The van der Waals surface area contributed by atoms with Crippen LogP contribution < -0.4 is 10.6 Å². The molecule has 2 aliphatic carbocycles. The number of benzene rings is 4. The van der Waals surface area contributed by atoms with E-state index in [0.717, 1.165) is 61.0 Å². The van der Waals surface area contributed by atoms with Gasteiger partial charge < -0.3 is 20.8 Å². The van der Waals surface area contributed by atoms with E-state index in [1.807, 2.05) is 133 Å². The van der Waals surface area contributed by atoms with Gasteiger partial charge in [-0.15, -0.1) is 0 Å². The Bertz CT molecular complexity index is 2140. The molecule has 7 nitrogen and oxygen atoms in total. The number of allylic oxidation sites excluding steroid dienone is 8. The van der Waals surface area contributed by atoms with Gasteiger partial charge in [-0.05, 0) is 123 Å². The van der Waals surface area contributed by atoms with Gasteiger partial charge in [-0.2, -0.15) is 0 Å². The summed E-state index contributed by atoms with van der Waals surface area (Å²) >= 11 is 0. The lowest BCUT2D eigenvalue weighted by Gasteiger charge is -2.52. The summed E-state index contributed by atoms with van der Waals surface area (Å²) < 4.78 is 0. The lowest BCUT2D eigenvalue weighted by molar-refractivity contribution is -0.141. The molecule has 0 saturated carbocycles. The number of ketones is 3. The Kier molecular flexibility index (Phi) is 13.9. The highest BCUT2D eigenvalue weighted by Gasteiger charge is 2.59. The number of nitrogens with one attached hydrogen (secondary N) is 2. The maximum Gasteiger partial charge on any atom is 0.193 e. The van der Waals surface area contributed by atoms with Crippen molar-refractivity contribution < 1.29 is 24.6 Å². The third kappa shape index (κ3) is 8.69. The summed E-state index contributed by atoms with van der Waals surface area (Å²) in [4.78, 5) is 47.4. The minimum atomic E-state index is -1.25. The number of carbonyl (C=O) groups excluding carboxylic acids is 3. The molecule has 8 rings (SSSR count). The second-order valence-corrected chi connectivity index (χ2v) is 17.7. The molecule has 7 heteroatoms. The molecule has 0 spiro atoms. The molecule has 62 heavy (non-hydrogen) atoms. The molecule has 2 heterocycles. The molecule has 0 bridgehead atoms. The summed E-state index contributed by atoms with van der Waals surface area (Å²) in [5, 5.41) is 28.7. The zero-order valence-corrected chi connectivity index (χ0v) is 35.7. The number of aliphatic hydroxyl groups is 2. The lowest BCUT2D eigenvalue weighted by Crippen LogP contribution is -2.55. The largest absolute Gasteiger partial charge is 0.396 e. The second-order valence-electron chi connectivity index (χ2n) is 17.7. The van der Waals surface area contributed by atoms with Crippen LogP contribution in [0.1, 0.15) is 83.2 Å². The number of Topliss-reactive ketones (excluding diaryl/α,β-unsaturated/α-hetero) is 3. The molecule has 0 radical (unpaired) electrons. The molecule has 0 aromatic heterocycles. The van der Waals surface area contributed by atoms with E-state index in [4.69, 9.17) is 0 Å². The van der Waals surface area contributed by atoms with Gasteiger partial charge in [0.25, 0.3) is 0 Å². The van der Waals surface area contributed by atoms with E-state index in [1.54, 1.807) is 0 Å². The van der Waals surface area contributed by atoms with Crippen molar-refractivity contribution in [2.45, 2.75) is 51.4 Å². The van der Waals surface area contributed by atoms with Crippen molar-refractivity contribution in [1.29, 1.82) is 0 Å². The standard InChI is InChI=1S/C55H60N2O5/c58-31-15-27-54(35-47(51(60)41-21-9-3-10-22-41)45(39-17-5-1-6-18-39)33-49(54)43-25-13-29-56-37-43)53(62)55(28-16-32-59)36-48(52(61)42-23-11-4-12-24-42)46(40-19-7-2-8-20-40)34-50(55)44-26-14-30-57-38-44/h1-12,17-24,33-36,43-44,49-50,56-59H,13-16,25-32,37-38H2. The van der Waals surface area contributed by atoms with Crippen molar-refractivity contribution in [1.82, 2.24) is 10.6 Å². The maximum atomic E-state index is 17.2. The average Bonchev–Trinajstić information content (AvgIpc) is 3.35. The summed E-state index contributed by atoms with van der Waals surface area (Å²) in [5.41, 5.74) is 2.94. The van der Waals surface area contributed by atoms with E-state index >= 15 is 14.4 Å². The molecular weight excluding hydrogens is 769 g/mol. The SMILES string of the molecule is O=C(C1=CC(CCCO)(C(=O)C2(CCCO)C=C(C(=O)c3ccccc3)C(c3ccccc3)=CC2C2CCCNC2)C(C2CCCNC2)C=C1c1ccccc1)c1ccccc1. The fraction of sp³-hybridized carbons (Fsp3) is 0.364. The first-order valence-electron chi connectivity index (χ1n) is 22.8. The van der Waals surface area contributed by atoms with Crippen LogP contribution in [0.2, 0.25) is 0 Å². The van der Waals surface area contributed by atoms with Crippen LogP contribution in [0.3, 0.4) is 0 Å². The molecule has 4 aromatic carbocycles. The average molecular weight is 829 g/mol. The first-order valence-corrected chi connectivity index (χ1v) is 22.8. The van der Waals surface area contributed by atoms with Crippen LogP contribution in [0.4, 0.5) is 0 Å². The van der Waals surface area contributed by atoms with Crippen LogP contribution in [-0.2, 0) is 4.79 Å². The molecule has 2 saturated heterocycles. The van der Waals surface area contributed by atoms with Crippen LogP contribution in [0.5, 0.6) is 0 Å². The Morgan fingerprint density at radius 3 is 1.24 bits per heavy atom. The highest BCUT2D eigenvalue weighted by Crippen LogP contribution is 2.58. The highest BCUT2D eigenvalue weighted by molar-refractivity contribution is 6.21. The highest BCUT2D eigenvalue weighted by atomic mass is 16.3. The molecule has 4 aliphatic rings. The predicted molar refractivity (Wildman–Crippen MR) is 247 cm³/mol. The Balaban J connectivity index is 1.43. The Morgan fingerprint density at radius 2 is 0.903 bits per heavy atom. The third-order valence-corrected chi connectivity index (χ3v) is 14.0. The zero-order chi connectivity index (χ0) is 42.9. The second kappa shape index (κ2) is 19.8. The number of carbonyl (C=O) groups is 3. The van der Waals surface area contributed by atoms with Gasteiger partial charge in [0.05, 0.1) is 10.8 Å². The van der Waals surface area contributed by atoms with Crippen LogP contribution in [0, 0.1) is 34.5 Å². The third-order valence-electron chi connectivity index (χ3n) is 14.0. The normalized spacial score (nSPS) is 26.4. The Morgan fingerprint density at radius 1 is 0.532 bits per heavy atom. The first kappa shape index (κ1) is 43.3. The fourth-order valence-corrected chi connectivity index (χ4v) is 11.1. The topological polar surface area (TPSA) is 116 Å². The van der Waals surface area contributed by atoms with Crippen molar-refractivity contribution in [3.63, 3.8) is 0 Å². The van der Waals surface area contributed by atoms with Crippen molar-refractivity contribution >= 4 is 28.5 Å². The molecule has 2 aliphatic heterocycles. The lowest BCUT2D eigenvalue weighted by atomic mass is 9.49. The van der Waals surface area contributed by atoms with Gasteiger partial charge in [0.15, 0.2) is 17.3 Å². The van der Waals surface area contributed by atoms with E-state index in [0.29, 0.717) is 61.0 Å². The summed E-state index contributed by atoms with van der Waals surface area (Å²) in [6, 6.07) is 38.6. The van der Waals surface area contributed by atoms with Crippen LogP contribution in [0.25, 0.3) is 11.1 Å². The fourth-order valence-electron chi connectivity index (χ4n) is 11.1. The van der Waals surface area contributed by atoms with Gasteiger partial charge in [0.1, 0.15) is 0 Å². The molecular formula is C55H60N2O5. The number of aliphatic hydroxyl groups excluding tert-OH is 2. The monoisotopic (exact) mass is 828 g/mol. The van der Waals surface area contributed by atoms with Crippen LogP contribution in [-0.4, -0.2) is 67.0 Å². The van der Waals surface area contributed by atoms with E-state index < -0.39 is 10.8 Å². The van der Waals surface area contributed by atoms with Gasteiger partial charge >= 0.3 is 0 Å². The minimum absolute atomic E-state index is 0.0403. The van der Waals surface area contributed by atoms with Crippen molar-refractivity contribution in [2.75, 3.05) is 39.4 Å². The van der Waals surface area contributed by atoms with Gasteiger partial charge in [0.2, 0.25) is 0 Å². The number of hydrogen-bond donors (Lipinski definition) is 4. The van der Waals surface area contributed by atoms with Gasteiger partial charge in [0, 0.05) is 35.5 Å². The predicted octanol–water partition coefficient (Wildman–Crippen LogP) is 9.12. The summed E-state index contributed by atoms with van der Waals surface area (Å²) in [6.45, 7) is 2.95. The molecule has 320 valence electrons. The summed E-state index contributed by atoms with van der Waals surface area (Å²) in [6.07, 6.45) is 13.5. The van der Waals surface area contributed by atoms with Crippen molar-refractivity contribution in [3.8, 4) is 0 Å². The molecule has 4 aromatic rings. The minimum Gasteiger partial charge on any atom is -0.396 e. The van der Waals surface area contributed by atoms with E-state index in [9.17, 15) is 10.2 Å². The van der Waals surface area contributed by atoms with E-state index in [2.05, 4.69) is 22.8 Å². The number of hydrogen-bond acceptors (Lipinski definition) is 7. The number of piperidine rings is 2. The molecule has 2 fully saturated rings. The van der Waals surface area contributed by atoms with Crippen LogP contribution >= 0.6 is 0 Å². The molecule has 6 atom stereocenters. The molecule has 6 unspecified atom stereocenters. The molecule has 4 N–H and O–H groups in total. The Labute approximate surface area is 366 Å². The van der Waals surface area contributed by atoms with Gasteiger partial charge in [-0.3, -0.25) is 14.4 Å². The van der Waals surface area contributed by atoms with Crippen molar-refractivity contribution in [2.24, 2.45) is 34.5 Å². The van der Waals surface area contributed by atoms with Crippen LogP contribution in [0.15, 0.2) is 157 Å². The zero-order valence-electron chi connectivity index (χ0n) is 35.7. The summed E-state index contributed by atoms with van der Waals surface area (Å²) in [5.74, 6) is -0.944. The maximum absolute atomic E-state index is 17.2. The van der Waals surface area contributed by atoms with Gasteiger partial charge in [-0.25, -0.2) is 0 Å². The Hall–Kier alpha value is -5.31. The molecule has 0 amide bonds. The van der Waals surface area contributed by atoms with E-state index in [-0.39, 0.29) is 54.2 Å². The smallest absolute Gasteiger partial charge is 0.193 e. The number of rotatable bonds is 16. The van der Waals surface area contributed by atoms with Gasteiger partial charge in [-0.1, -0.05) is 146 Å². The summed E-state index contributed by atoms with van der Waals surface area (Å²) in [7, 11) is 0. The quantitative estimate of drug-likeness (QED) is 0.0834.